The molecule has 0 aliphatic carbocycles. The van der Waals surface area contributed by atoms with E-state index in [-0.39, 0.29) is 17.3 Å². The molecule has 26 heavy (non-hydrogen) atoms. The van der Waals surface area contributed by atoms with Crippen LogP contribution in [0.15, 0.2) is 53.2 Å². The van der Waals surface area contributed by atoms with Gasteiger partial charge in [-0.05, 0) is 36.4 Å². The zero-order valence-electron chi connectivity index (χ0n) is 14.0. The van der Waals surface area contributed by atoms with E-state index in [1.54, 1.807) is 18.2 Å². The summed E-state index contributed by atoms with van der Waals surface area (Å²) >= 11 is 0. The summed E-state index contributed by atoms with van der Waals surface area (Å²) < 4.78 is 15.6. The van der Waals surface area contributed by atoms with Gasteiger partial charge >= 0.3 is 5.97 Å². The summed E-state index contributed by atoms with van der Waals surface area (Å²) in [6.45, 7) is 0. The van der Waals surface area contributed by atoms with Gasteiger partial charge in [0, 0.05) is 23.3 Å². The largest absolute Gasteiger partial charge is 0.497 e. The van der Waals surface area contributed by atoms with E-state index in [0.29, 0.717) is 22.6 Å². The van der Waals surface area contributed by atoms with Gasteiger partial charge in [-0.3, -0.25) is 10.1 Å². The Morgan fingerprint density at radius 1 is 1.12 bits per heavy atom. The highest BCUT2D eigenvalue weighted by molar-refractivity contribution is 6.13. The van der Waals surface area contributed by atoms with Crippen LogP contribution in [0, 0.1) is 10.1 Å². The second-order valence-electron chi connectivity index (χ2n) is 5.25. The summed E-state index contributed by atoms with van der Waals surface area (Å²) in [6.07, 6.45) is 1.53. The van der Waals surface area contributed by atoms with Crippen molar-refractivity contribution in [3.8, 4) is 11.5 Å². The van der Waals surface area contributed by atoms with Gasteiger partial charge in [0.1, 0.15) is 11.5 Å². The number of methoxy groups -OCH3 is 2. The summed E-state index contributed by atoms with van der Waals surface area (Å²) in [5.74, 6) is 0.606. The molecule has 0 N–H and O–H groups in total. The number of benzene rings is 2. The van der Waals surface area contributed by atoms with Gasteiger partial charge in [0.05, 0.1) is 19.1 Å². The van der Waals surface area contributed by atoms with E-state index in [1.807, 2.05) is 0 Å². The van der Waals surface area contributed by atoms with Gasteiger partial charge < -0.3 is 14.2 Å². The lowest BCUT2D eigenvalue weighted by atomic mass is 10.1. The highest BCUT2D eigenvalue weighted by atomic mass is 16.6. The number of esters is 1. The molecule has 0 radical (unpaired) electrons. The Bertz CT molecular complexity index is 931. The van der Waals surface area contributed by atoms with Crippen LogP contribution in [0.2, 0.25) is 0 Å². The average molecular weight is 354 g/mol. The summed E-state index contributed by atoms with van der Waals surface area (Å²) in [5, 5.41) is 10.7. The van der Waals surface area contributed by atoms with Crippen LogP contribution in [0.5, 0.6) is 11.5 Å². The molecule has 0 saturated carbocycles. The third-order valence-corrected chi connectivity index (χ3v) is 3.67. The normalized spacial score (nSPS) is 14.8. The first-order valence-electron chi connectivity index (χ1n) is 7.51. The molecule has 2 aromatic carbocycles. The smallest absolute Gasteiger partial charge is 0.363 e. The lowest BCUT2D eigenvalue weighted by molar-refractivity contribution is -0.384. The van der Waals surface area contributed by atoms with Gasteiger partial charge in [-0.1, -0.05) is 0 Å². The van der Waals surface area contributed by atoms with Crippen LogP contribution in [-0.4, -0.2) is 31.0 Å². The molecule has 1 heterocycles. The van der Waals surface area contributed by atoms with E-state index in [0.717, 1.165) is 0 Å². The summed E-state index contributed by atoms with van der Waals surface area (Å²) in [4.78, 5) is 26.5. The van der Waals surface area contributed by atoms with Crippen LogP contribution in [-0.2, 0) is 9.53 Å². The number of aliphatic imine (C=N–C) groups is 1. The van der Waals surface area contributed by atoms with E-state index in [1.165, 1.54) is 44.6 Å². The fraction of sp³-hybridized carbons (Fsp3) is 0.111. The molecule has 0 amide bonds. The first kappa shape index (κ1) is 17.2. The van der Waals surface area contributed by atoms with Gasteiger partial charge in [-0.25, -0.2) is 9.79 Å². The van der Waals surface area contributed by atoms with Crippen molar-refractivity contribution in [2.75, 3.05) is 14.2 Å². The third-order valence-electron chi connectivity index (χ3n) is 3.67. The SMILES string of the molecule is COc1ccc(OC)c(/C=C2\N=C(c3ccc([N+](=O)[O-])cc3)OC2=O)c1. The molecule has 0 saturated heterocycles. The molecule has 1 aliphatic rings. The molecule has 0 aromatic heterocycles. The topological polar surface area (TPSA) is 100 Å². The molecule has 8 heteroatoms. The molecule has 0 bridgehead atoms. The van der Waals surface area contributed by atoms with Crippen LogP contribution in [0.1, 0.15) is 11.1 Å². The maximum atomic E-state index is 12.1. The molecule has 0 atom stereocenters. The Kier molecular flexibility index (Phi) is 4.66. The Morgan fingerprint density at radius 3 is 2.46 bits per heavy atom. The highest BCUT2D eigenvalue weighted by Crippen LogP contribution is 2.28. The Balaban J connectivity index is 1.95. The van der Waals surface area contributed by atoms with Gasteiger partial charge in [0.15, 0.2) is 5.70 Å². The summed E-state index contributed by atoms with van der Waals surface area (Å²) in [7, 11) is 3.05. The van der Waals surface area contributed by atoms with E-state index in [2.05, 4.69) is 4.99 Å². The molecular weight excluding hydrogens is 340 g/mol. The van der Waals surface area contributed by atoms with Crippen molar-refractivity contribution in [1.29, 1.82) is 0 Å². The van der Waals surface area contributed by atoms with E-state index < -0.39 is 10.9 Å². The molecule has 0 fully saturated rings. The number of ether oxygens (including phenoxy) is 3. The molecule has 0 unspecified atom stereocenters. The number of carbonyl (C=O) groups excluding carboxylic acids is 1. The van der Waals surface area contributed by atoms with Crippen LogP contribution in [0.4, 0.5) is 5.69 Å². The number of hydrogen-bond acceptors (Lipinski definition) is 7. The second kappa shape index (κ2) is 7.06. The fourth-order valence-corrected chi connectivity index (χ4v) is 2.36. The van der Waals surface area contributed by atoms with Gasteiger partial charge in [-0.15, -0.1) is 0 Å². The third kappa shape index (κ3) is 3.39. The number of hydrogen-bond donors (Lipinski definition) is 0. The molecular formula is C18H14N2O6. The molecule has 132 valence electrons. The van der Waals surface area contributed by atoms with E-state index in [4.69, 9.17) is 14.2 Å². The van der Waals surface area contributed by atoms with Crippen molar-refractivity contribution in [2.24, 2.45) is 4.99 Å². The minimum Gasteiger partial charge on any atom is -0.497 e. The zero-order chi connectivity index (χ0) is 18.7. The first-order chi connectivity index (χ1) is 12.5. The number of cyclic esters (lactones) is 1. The van der Waals surface area contributed by atoms with Crippen molar-refractivity contribution in [1.82, 2.24) is 0 Å². The Morgan fingerprint density at radius 2 is 1.85 bits per heavy atom. The monoisotopic (exact) mass is 354 g/mol. The maximum Gasteiger partial charge on any atom is 0.363 e. The number of nitrogens with zero attached hydrogens (tertiary/aromatic N) is 2. The second-order valence-corrected chi connectivity index (χ2v) is 5.25. The maximum absolute atomic E-state index is 12.1. The molecule has 8 nitrogen and oxygen atoms in total. The molecule has 1 aliphatic heterocycles. The van der Waals surface area contributed by atoms with Crippen molar-refractivity contribution >= 4 is 23.6 Å². The fourth-order valence-electron chi connectivity index (χ4n) is 2.36. The standard InChI is InChI=1S/C18H14N2O6/c1-24-14-7-8-16(25-2)12(9-14)10-15-18(21)26-17(19-15)11-3-5-13(6-4-11)20(22)23/h3-10H,1-2H3/b15-10-. The molecule has 3 rings (SSSR count). The van der Waals surface area contributed by atoms with Crippen LogP contribution in [0.3, 0.4) is 0 Å². The quantitative estimate of drug-likeness (QED) is 0.354. The van der Waals surface area contributed by atoms with Crippen LogP contribution >= 0.6 is 0 Å². The Hall–Kier alpha value is -3.68. The van der Waals surface area contributed by atoms with Crippen LogP contribution < -0.4 is 9.47 Å². The Labute approximate surface area is 148 Å². The molecule has 0 spiro atoms. The minimum absolute atomic E-state index is 0.0597. The van der Waals surface area contributed by atoms with Gasteiger partial charge in [0.25, 0.3) is 5.69 Å². The van der Waals surface area contributed by atoms with Crippen molar-refractivity contribution < 1.29 is 23.9 Å². The first-order valence-corrected chi connectivity index (χ1v) is 7.51. The van der Waals surface area contributed by atoms with Crippen LogP contribution in [0.25, 0.3) is 6.08 Å². The number of nitro benzene ring substituents is 1. The lowest BCUT2D eigenvalue weighted by Crippen LogP contribution is -2.05. The van der Waals surface area contributed by atoms with Gasteiger partial charge in [-0.2, -0.15) is 0 Å². The highest BCUT2D eigenvalue weighted by Gasteiger charge is 2.25. The number of carbonyl (C=O) groups is 1. The predicted octanol–water partition coefficient (Wildman–Crippen LogP) is 2.96. The minimum atomic E-state index is -0.622. The average Bonchev–Trinajstić information content (AvgIpc) is 3.02. The number of rotatable bonds is 5. The summed E-state index contributed by atoms with van der Waals surface area (Å²) in [5.41, 5.74) is 1.10. The van der Waals surface area contributed by atoms with Gasteiger partial charge in [0.2, 0.25) is 5.90 Å². The number of non-ortho nitro benzene ring substituents is 1. The molecule has 2 aromatic rings. The van der Waals surface area contributed by atoms with Crippen molar-refractivity contribution in [2.45, 2.75) is 0 Å². The van der Waals surface area contributed by atoms with E-state index in [9.17, 15) is 14.9 Å². The van der Waals surface area contributed by atoms with Crippen molar-refractivity contribution in [3.63, 3.8) is 0 Å². The summed E-state index contributed by atoms with van der Waals surface area (Å²) in [6, 6.07) is 10.7. The predicted molar refractivity (Wildman–Crippen MR) is 93.2 cm³/mol. The van der Waals surface area contributed by atoms with Crippen molar-refractivity contribution in [3.05, 3.63) is 69.4 Å². The zero-order valence-corrected chi connectivity index (χ0v) is 14.0. The van der Waals surface area contributed by atoms with E-state index >= 15 is 0 Å². The lowest BCUT2D eigenvalue weighted by Gasteiger charge is -2.07. The number of nitro groups is 1.